The van der Waals surface area contributed by atoms with E-state index < -0.39 is 17.7 Å². The number of carbonyl (C=O) groups excluding carboxylic acids is 2. The van der Waals surface area contributed by atoms with Crippen molar-refractivity contribution in [1.29, 1.82) is 0 Å². The number of halogens is 3. The minimum absolute atomic E-state index is 0.0698. The van der Waals surface area contributed by atoms with E-state index in [4.69, 9.17) is 4.74 Å². The molecule has 2 heterocycles. The van der Waals surface area contributed by atoms with E-state index in [2.05, 4.69) is 10.2 Å². The summed E-state index contributed by atoms with van der Waals surface area (Å²) in [7, 11) is 0. The summed E-state index contributed by atoms with van der Waals surface area (Å²) in [5.74, 6) is -0.873. The molecule has 0 saturated carbocycles. The molecule has 1 aromatic rings. The van der Waals surface area contributed by atoms with Gasteiger partial charge in [0.15, 0.2) is 0 Å². The van der Waals surface area contributed by atoms with E-state index in [0.717, 1.165) is 31.8 Å². The Hall–Kier alpha value is -2.13. The highest BCUT2D eigenvalue weighted by Crippen LogP contribution is 2.30. The van der Waals surface area contributed by atoms with E-state index in [-0.39, 0.29) is 31.3 Å². The van der Waals surface area contributed by atoms with Crippen molar-refractivity contribution in [3.63, 3.8) is 0 Å². The van der Waals surface area contributed by atoms with Crippen LogP contribution in [0.5, 0.6) is 0 Å². The maximum absolute atomic E-state index is 12.8. The van der Waals surface area contributed by atoms with Crippen molar-refractivity contribution < 1.29 is 27.5 Å². The molecule has 0 radical (unpaired) electrons. The summed E-state index contributed by atoms with van der Waals surface area (Å²) >= 11 is 0. The van der Waals surface area contributed by atoms with Gasteiger partial charge in [-0.3, -0.25) is 14.5 Å². The summed E-state index contributed by atoms with van der Waals surface area (Å²) in [4.78, 5) is 28.2. The molecule has 2 aliphatic heterocycles. The lowest BCUT2D eigenvalue weighted by molar-refractivity contribution is -0.137. The number of alkyl halides is 3. The van der Waals surface area contributed by atoms with Crippen molar-refractivity contribution in [3.8, 4) is 0 Å². The third-order valence-electron chi connectivity index (χ3n) is 5.04. The molecular weight excluding hydrogens is 375 g/mol. The van der Waals surface area contributed by atoms with Gasteiger partial charge in [0.1, 0.15) is 0 Å². The largest absolute Gasteiger partial charge is 0.416 e. The zero-order valence-corrected chi connectivity index (χ0v) is 15.5. The summed E-state index contributed by atoms with van der Waals surface area (Å²) in [6, 6.07) is 4.93. The highest BCUT2D eigenvalue weighted by Gasteiger charge is 2.35. The quantitative estimate of drug-likeness (QED) is 0.788. The fourth-order valence-corrected chi connectivity index (χ4v) is 3.47. The Morgan fingerprint density at radius 2 is 2.00 bits per heavy atom. The number of ether oxygens (including phenoxy) is 1. The maximum atomic E-state index is 12.8. The van der Waals surface area contributed by atoms with Gasteiger partial charge in [-0.05, 0) is 17.7 Å². The lowest BCUT2D eigenvalue weighted by Crippen LogP contribution is -2.42. The third kappa shape index (κ3) is 5.45. The third-order valence-corrected chi connectivity index (χ3v) is 5.04. The fourth-order valence-electron chi connectivity index (χ4n) is 3.47. The molecular formula is C19H24F3N3O3. The van der Waals surface area contributed by atoms with Crippen molar-refractivity contribution in [1.82, 2.24) is 15.1 Å². The van der Waals surface area contributed by atoms with Gasteiger partial charge < -0.3 is 15.0 Å². The molecule has 2 amide bonds. The van der Waals surface area contributed by atoms with Gasteiger partial charge in [-0.15, -0.1) is 0 Å². The molecule has 3 rings (SSSR count). The number of rotatable bonds is 6. The van der Waals surface area contributed by atoms with Gasteiger partial charge in [0.2, 0.25) is 11.8 Å². The average Bonchev–Trinajstić information content (AvgIpc) is 3.03. The average molecular weight is 399 g/mol. The number of hydrogen-bond donors (Lipinski definition) is 1. The maximum Gasteiger partial charge on any atom is 0.416 e. The molecule has 9 heteroatoms. The second-order valence-electron chi connectivity index (χ2n) is 7.12. The Morgan fingerprint density at radius 1 is 1.25 bits per heavy atom. The monoisotopic (exact) mass is 399 g/mol. The van der Waals surface area contributed by atoms with Crippen LogP contribution in [0.25, 0.3) is 0 Å². The smallest absolute Gasteiger partial charge is 0.379 e. The van der Waals surface area contributed by atoms with Crippen LogP contribution in [0.1, 0.15) is 17.5 Å². The van der Waals surface area contributed by atoms with E-state index in [1.165, 1.54) is 11.0 Å². The predicted molar refractivity (Wildman–Crippen MR) is 95.2 cm³/mol. The minimum Gasteiger partial charge on any atom is -0.379 e. The van der Waals surface area contributed by atoms with Gasteiger partial charge in [0.25, 0.3) is 0 Å². The lowest BCUT2D eigenvalue weighted by atomic mass is 10.1. The molecule has 0 spiro atoms. The van der Waals surface area contributed by atoms with Gasteiger partial charge in [-0.25, -0.2) is 0 Å². The van der Waals surface area contributed by atoms with Crippen LogP contribution in [0.15, 0.2) is 24.3 Å². The number of hydrogen-bond acceptors (Lipinski definition) is 4. The molecule has 0 unspecified atom stereocenters. The molecule has 1 N–H and O–H groups in total. The SMILES string of the molecule is O=C(NCCN1CCOCC1)[C@H]1CC(=O)N(Cc2cccc(C(F)(F)F)c2)C1. The first-order chi connectivity index (χ1) is 13.3. The molecule has 1 atom stereocenters. The Bertz CT molecular complexity index is 705. The molecule has 1 aromatic carbocycles. The van der Waals surface area contributed by atoms with E-state index in [1.54, 1.807) is 6.07 Å². The predicted octanol–water partition coefficient (Wildman–Crippen LogP) is 1.50. The number of nitrogens with zero attached hydrogens (tertiary/aromatic N) is 2. The molecule has 2 aliphatic rings. The summed E-state index contributed by atoms with van der Waals surface area (Å²) in [6.45, 7) is 4.57. The van der Waals surface area contributed by atoms with Gasteiger partial charge >= 0.3 is 6.18 Å². The molecule has 0 aliphatic carbocycles. The van der Waals surface area contributed by atoms with Crippen molar-refractivity contribution in [3.05, 3.63) is 35.4 Å². The molecule has 154 valence electrons. The number of amides is 2. The van der Waals surface area contributed by atoms with Gasteiger partial charge in [0, 0.05) is 45.7 Å². The molecule has 0 aromatic heterocycles. The number of likely N-dealkylation sites (tertiary alicyclic amines) is 1. The van der Waals surface area contributed by atoms with E-state index in [0.29, 0.717) is 25.3 Å². The summed E-state index contributed by atoms with van der Waals surface area (Å²) in [5, 5.41) is 2.86. The molecule has 0 bridgehead atoms. The Labute approximate surface area is 161 Å². The van der Waals surface area contributed by atoms with Crippen molar-refractivity contribution in [2.24, 2.45) is 5.92 Å². The van der Waals surface area contributed by atoms with Crippen LogP contribution in [0.4, 0.5) is 13.2 Å². The van der Waals surface area contributed by atoms with Crippen LogP contribution in [-0.2, 0) is 27.0 Å². The number of nitrogens with one attached hydrogen (secondary N) is 1. The van der Waals surface area contributed by atoms with E-state index in [1.807, 2.05) is 0 Å². The molecule has 2 saturated heterocycles. The van der Waals surface area contributed by atoms with Crippen LogP contribution in [0.3, 0.4) is 0 Å². The number of morpholine rings is 1. The zero-order chi connectivity index (χ0) is 20.1. The molecule has 28 heavy (non-hydrogen) atoms. The topological polar surface area (TPSA) is 61.9 Å². The first kappa shape index (κ1) is 20.6. The summed E-state index contributed by atoms with van der Waals surface area (Å²) in [5.41, 5.74) is -0.342. The normalized spacial score (nSPS) is 21.2. The van der Waals surface area contributed by atoms with Crippen molar-refractivity contribution in [2.75, 3.05) is 45.9 Å². The fraction of sp³-hybridized carbons (Fsp3) is 0.579. The lowest BCUT2D eigenvalue weighted by Gasteiger charge is -2.26. The zero-order valence-electron chi connectivity index (χ0n) is 15.5. The second-order valence-corrected chi connectivity index (χ2v) is 7.12. The van der Waals surface area contributed by atoms with Crippen LogP contribution in [0, 0.1) is 5.92 Å². The van der Waals surface area contributed by atoms with Crippen LogP contribution in [0.2, 0.25) is 0 Å². The molecule has 2 fully saturated rings. The van der Waals surface area contributed by atoms with Gasteiger partial charge in [-0.2, -0.15) is 13.2 Å². The van der Waals surface area contributed by atoms with E-state index >= 15 is 0 Å². The van der Waals surface area contributed by atoms with Gasteiger partial charge in [0.05, 0.1) is 24.7 Å². The minimum atomic E-state index is -4.42. The summed E-state index contributed by atoms with van der Waals surface area (Å²) < 4.78 is 43.8. The Kier molecular flexibility index (Phi) is 6.56. The van der Waals surface area contributed by atoms with Crippen molar-refractivity contribution in [2.45, 2.75) is 19.1 Å². The first-order valence-electron chi connectivity index (χ1n) is 9.34. The van der Waals surface area contributed by atoms with Crippen LogP contribution in [-0.4, -0.2) is 67.6 Å². The molecule has 6 nitrogen and oxygen atoms in total. The second kappa shape index (κ2) is 8.91. The highest BCUT2D eigenvalue weighted by molar-refractivity contribution is 5.89. The standard InChI is InChI=1S/C19H24F3N3O3/c20-19(21,22)16-3-1-2-14(10-16)12-25-13-15(11-17(25)26)18(27)23-4-5-24-6-8-28-9-7-24/h1-3,10,15H,4-9,11-13H2,(H,23,27)/t15-/m0/s1. The van der Waals surface area contributed by atoms with Crippen molar-refractivity contribution >= 4 is 11.8 Å². The number of carbonyl (C=O) groups is 2. The van der Waals surface area contributed by atoms with E-state index in [9.17, 15) is 22.8 Å². The van der Waals surface area contributed by atoms with Crippen LogP contribution < -0.4 is 5.32 Å². The van der Waals surface area contributed by atoms with Crippen LogP contribution >= 0.6 is 0 Å². The highest BCUT2D eigenvalue weighted by atomic mass is 19.4. The number of benzene rings is 1. The Balaban J connectivity index is 1.48. The van der Waals surface area contributed by atoms with Gasteiger partial charge in [-0.1, -0.05) is 12.1 Å². The first-order valence-corrected chi connectivity index (χ1v) is 9.34. The Morgan fingerprint density at radius 3 is 2.71 bits per heavy atom. The summed E-state index contributed by atoms with van der Waals surface area (Å²) in [6.07, 6.45) is -4.34.